The molecule has 0 N–H and O–H groups in total. The molecule has 1 nitrogen and oxygen atoms in total. The van der Waals surface area contributed by atoms with E-state index in [1.807, 2.05) is 0 Å². The summed E-state index contributed by atoms with van der Waals surface area (Å²) in [6.45, 7) is 4.87. The van der Waals surface area contributed by atoms with Crippen LogP contribution in [0, 0.1) is 0 Å². The Morgan fingerprint density at radius 3 is 1.14 bits per heavy atom. The highest BCUT2D eigenvalue weighted by Gasteiger charge is 2.54. The SMILES string of the molecule is CC1(C)c2ccccc2-c2c3c(cc(-c4ccc(N(c5ccc(-c6ccccc6)cc5)c5cc(-c6ccccc6)cc(-c6ccccc6)c5)cc4)c21)C1(c2ccccc2-c2ccccc21)c1ccccc1-3. The first-order valence-corrected chi connectivity index (χ1v) is 24.9. The van der Waals surface area contributed by atoms with E-state index in [0.29, 0.717) is 0 Å². The van der Waals surface area contributed by atoms with E-state index in [1.54, 1.807) is 0 Å². The lowest BCUT2D eigenvalue weighted by atomic mass is 9.69. The monoisotopic (exact) mass is 903 g/mol. The van der Waals surface area contributed by atoms with Gasteiger partial charge in [-0.1, -0.05) is 226 Å². The number of benzene rings is 11. The van der Waals surface area contributed by atoms with E-state index in [4.69, 9.17) is 0 Å². The van der Waals surface area contributed by atoms with Crippen molar-refractivity contribution < 1.29 is 0 Å². The first-order chi connectivity index (χ1) is 35.0. The molecular formula is C70H49N. The number of hydrogen-bond acceptors (Lipinski definition) is 1. The second kappa shape index (κ2) is 15.9. The van der Waals surface area contributed by atoms with Gasteiger partial charge < -0.3 is 4.90 Å². The van der Waals surface area contributed by atoms with Gasteiger partial charge in [-0.05, 0) is 160 Å². The van der Waals surface area contributed by atoms with Gasteiger partial charge in [0, 0.05) is 22.5 Å². The average Bonchev–Trinajstić information content (AvgIpc) is 4.02. The van der Waals surface area contributed by atoms with Gasteiger partial charge in [-0.15, -0.1) is 0 Å². The molecule has 0 aromatic heterocycles. The Kier molecular flexibility index (Phi) is 9.22. The molecule has 1 heteroatoms. The van der Waals surface area contributed by atoms with Gasteiger partial charge in [-0.25, -0.2) is 0 Å². The summed E-state index contributed by atoms with van der Waals surface area (Å²) in [7, 11) is 0. The van der Waals surface area contributed by atoms with E-state index < -0.39 is 5.41 Å². The van der Waals surface area contributed by atoms with E-state index >= 15 is 0 Å². The van der Waals surface area contributed by atoms with Crippen LogP contribution in [-0.2, 0) is 10.8 Å². The molecule has 0 fully saturated rings. The molecule has 14 rings (SSSR count). The minimum Gasteiger partial charge on any atom is -0.310 e. The molecule has 0 amide bonds. The molecule has 3 aliphatic carbocycles. The van der Waals surface area contributed by atoms with Gasteiger partial charge in [-0.3, -0.25) is 0 Å². The Hall–Kier alpha value is -8.78. The third-order valence-corrected chi connectivity index (χ3v) is 15.8. The minimum atomic E-state index is -0.465. The van der Waals surface area contributed by atoms with Crippen LogP contribution >= 0.6 is 0 Å². The van der Waals surface area contributed by atoms with Gasteiger partial charge in [0.1, 0.15) is 0 Å². The van der Waals surface area contributed by atoms with Crippen LogP contribution in [0.25, 0.3) is 77.9 Å². The quantitative estimate of drug-likeness (QED) is 0.154. The Morgan fingerprint density at radius 1 is 0.254 bits per heavy atom. The predicted octanol–water partition coefficient (Wildman–Crippen LogP) is 18.5. The summed E-state index contributed by atoms with van der Waals surface area (Å²) in [6, 6.07) is 97.1. The van der Waals surface area contributed by atoms with Crippen molar-refractivity contribution in [1.82, 2.24) is 0 Å². The first-order valence-electron chi connectivity index (χ1n) is 24.9. The zero-order valence-electron chi connectivity index (χ0n) is 39.8. The maximum Gasteiger partial charge on any atom is 0.0725 e. The van der Waals surface area contributed by atoms with Crippen molar-refractivity contribution in [3.05, 3.63) is 294 Å². The number of rotatable bonds is 7. The summed E-state index contributed by atoms with van der Waals surface area (Å²) in [5.74, 6) is 0. The lowest BCUT2D eigenvalue weighted by Gasteiger charge is -2.32. The summed E-state index contributed by atoms with van der Waals surface area (Å²) in [5, 5.41) is 0. The minimum absolute atomic E-state index is 0.247. The molecule has 0 heterocycles. The number of anilines is 3. The number of nitrogens with zero attached hydrogens (tertiary/aromatic N) is 1. The van der Waals surface area contributed by atoms with Crippen LogP contribution in [-0.4, -0.2) is 0 Å². The van der Waals surface area contributed by atoms with Crippen molar-refractivity contribution in [1.29, 1.82) is 0 Å². The maximum atomic E-state index is 2.60. The molecule has 0 bridgehead atoms. The molecule has 0 atom stereocenters. The Bertz CT molecular complexity index is 3760. The lowest BCUT2D eigenvalue weighted by Crippen LogP contribution is -2.26. The van der Waals surface area contributed by atoms with E-state index in [1.165, 1.54) is 111 Å². The highest BCUT2D eigenvalue weighted by atomic mass is 15.1. The van der Waals surface area contributed by atoms with Crippen LogP contribution in [0.1, 0.15) is 47.2 Å². The average molecular weight is 904 g/mol. The van der Waals surface area contributed by atoms with Crippen molar-refractivity contribution >= 4 is 17.1 Å². The Morgan fingerprint density at radius 2 is 0.634 bits per heavy atom. The van der Waals surface area contributed by atoms with Gasteiger partial charge in [0.25, 0.3) is 0 Å². The zero-order valence-corrected chi connectivity index (χ0v) is 39.8. The molecular weight excluding hydrogens is 855 g/mol. The van der Waals surface area contributed by atoms with E-state index in [-0.39, 0.29) is 5.41 Å². The molecule has 3 aliphatic rings. The van der Waals surface area contributed by atoms with Crippen molar-refractivity contribution in [2.24, 2.45) is 0 Å². The van der Waals surface area contributed by atoms with Gasteiger partial charge in [0.05, 0.1) is 5.41 Å². The fourth-order valence-corrected chi connectivity index (χ4v) is 12.8. The Balaban J connectivity index is 0.997. The van der Waals surface area contributed by atoms with Gasteiger partial charge in [0.15, 0.2) is 0 Å². The van der Waals surface area contributed by atoms with Crippen LogP contribution in [0.4, 0.5) is 17.1 Å². The largest absolute Gasteiger partial charge is 0.310 e. The predicted molar refractivity (Wildman–Crippen MR) is 297 cm³/mol. The maximum absolute atomic E-state index is 2.60. The smallest absolute Gasteiger partial charge is 0.0725 e. The highest BCUT2D eigenvalue weighted by molar-refractivity contribution is 6.06. The van der Waals surface area contributed by atoms with Gasteiger partial charge in [-0.2, -0.15) is 0 Å². The second-order valence-corrected chi connectivity index (χ2v) is 19.9. The van der Waals surface area contributed by atoms with Crippen LogP contribution in [0.2, 0.25) is 0 Å². The summed E-state index contributed by atoms with van der Waals surface area (Å²) >= 11 is 0. The molecule has 11 aromatic carbocycles. The topological polar surface area (TPSA) is 3.24 Å². The molecule has 0 saturated carbocycles. The van der Waals surface area contributed by atoms with Gasteiger partial charge >= 0.3 is 0 Å². The fraction of sp³-hybridized carbons (Fsp3) is 0.0571. The molecule has 0 radical (unpaired) electrons. The normalized spacial score (nSPS) is 13.7. The summed E-state index contributed by atoms with van der Waals surface area (Å²) in [4.78, 5) is 2.43. The van der Waals surface area contributed by atoms with Crippen molar-refractivity contribution in [3.8, 4) is 77.9 Å². The van der Waals surface area contributed by atoms with Crippen molar-refractivity contribution in [2.75, 3.05) is 4.90 Å². The third kappa shape index (κ3) is 6.13. The fourth-order valence-electron chi connectivity index (χ4n) is 12.8. The number of hydrogen-bond donors (Lipinski definition) is 0. The molecule has 0 saturated heterocycles. The van der Waals surface area contributed by atoms with Crippen LogP contribution in [0.15, 0.2) is 261 Å². The summed E-state index contributed by atoms with van der Waals surface area (Å²) in [6.07, 6.45) is 0. The number of fused-ring (bicyclic) bond motifs is 14. The van der Waals surface area contributed by atoms with E-state index in [2.05, 4.69) is 280 Å². The third-order valence-electron chi connectivity index (χ3n) is 15.8. The van der Waals surface area contributed by atoms with Crippen LogP contribution < -0.4 is 4.90 Å². The zero-order chi connectivity index (χ0) is 47.3. The summed E-state index contributed by atoms with van der Waals surface area (Å²) < 4.78 is 0. The van der Waals surface area contributed by atoms with E-state index in [9.17, 15) is 0 Å². The van der Waals surface area contributed by atoms with Crippen molar-refractivity contribution in [3.63, 3.8) is 0 Å². The van der Waals surface area contributed by atoms with Gasteiger partial charge in [0.2, 0.25) is 0 Å². The highest BCUT2D eigenvalue weighted by Crippen LogP contribution is 2.67. The first kappa shape index (κ1) is 41.2. The standard InChI is InChI=1S/C70H49N/c1-69(2)61-30-16-14-28-58(61)67-66-59-29-15-19-33-64(59)70(62-31-17-12-26-56(62)57-27-13-18-32-63(57)70)65(66)45-60(68(67)69)50-36-40-54(41-37-50)71(53-38-34-49(35-39-53)46-20-6-3-7-21-46)55-43-51(47-22-8-4-9-23-47)42-52(44-55)48-24-10-5-11-25-48/h3-45H,1-2H3. The summed E-state index contributed by atoms with van der Waals surface area (Å²) in [5.41, 5.74) is 28.5. The molecule has 334 valence electrons. The molecule has 0 unspecified atom stereocenters. The lowest BCUT2D eigenvalue weighted by molar-refractivity contribution is 0.661. The molecule has 11 aromatic rings. The Labute approximate surface area is 416 Å². The molecule has 1 spiro atoms. The van der Waals surface area contributed by atoms with Crippen LogP contribution in [0.3, 0.4) is 0 Å². The van der Waals surface area contributed by atoms with Crippen molar-refractivity contribution in [2.45, 2.75) is 24.7 Å². The molecule has 0 aliphatic heterocycles. The molecule has 71 heavy (non-hydrogen) atoms. The van der Waals surface area contributed by atoms with Crippen LogP contribution in [0.5, 0.6) is 0 Å². The van der Waals surface area contributed by atoms with E-state index in [0.717, 1.165) is 17.1 Å². The second-order valence-electron chi connectivity index (χ2n) is 19.9.